The van der Waals surface area contributed by atoms with Gasteiger partial charge in [0.05, 0.1) is 21.8 Å². The smallest absolute Gasteiger partial charge is 0.206 e. The quantitative estimate of drug-likeness (QED) is 0.535. The van der Waals surface area contributed by atoms with Gasteiger partial charge < -0.3 is 0 Å². The van der Waals surface area contributed by atoms with Crippen molar-refractivity contribution in [2.24, 2.45) is 0 Å². The highest BCUT2D eigenvalue weighted by atomic mass is 35.5. The Bertz CT molecular complexity index is 933. The van der Waals surface area contributed by atoms with E-state index in [-0.39, 0.29) is 21.8 Å². The summed E-state index contributed by atoms with van der Waals surface area (Å²) in [6.07, 6.45) is -4.57. The molecule has 0 N–H and O–H groups in total. The molecule has 0 saturated heterocycles. The van der Waals surface area contributed by atoms with E-state index < -0.39 is 28.9 Å². The fraction of sp³-hybridized carbons (Fsp3) is 0.0667. The molecule has 1 aromatic heterocycles. The molecular weight excluding hydrogens is 388 g/mol. The van der Waals surface area contributed by atoms with E-state index in [2.05, 4.69) is 10.1 Å². The van der Waals surface area contributed by atoms with Gasteiger partial charge >= 0.3 is 6.18 Å². The summed E-state index contributed by atoms with van der Waals surface area (Å²) in [5.74, 6) is -2.18. The van der Waals surface area contributed by atoms with Gasteiger partial charge in [0.15, 0.2) is 5.82 Å². The molecular formula is C15H6Cl2F5N3. The zero-order valence-corrected chi connectivity index (χ0v) is 13.5. The van der Waals surface area contributed by atoms with Crippen molar-refractivity contribution in [3.05, 3.63) is 63.9 Å². The Morgan fingerprint density at radius 3 is 2.16 bits per heavy atom. The number of rotatable bonds is 2. The third kappa shape index (κ3) is 3.32. The van der Waals surface area contributed by atoms with E-state index in [1.54, 1.807) is 0 Å². The number of alkyl halides is 3. The zero-order chi connectivity index (χ0) is 18.4. The van der Waals surface area contributed by atoms with Crippen LogP contribution in [0.1, 0.15) is 5.56 Å². The molecule has 0 amide bonds. The van der Waals surface area contributed by atoms with Crippen molar-refractivity contribution in [2.75, 3.05) is 0 Å². The van der Waals surface area contributed by atoms with Crippen LogP contribution in [0.25, 0.3) is 17.1 Å². The molecule has 10 heteroatoms. The highest BCUT2D eigenvalue weighted by molar-refractivity contribution is 6.33. The second-order valence-corrected chi connectivity index (χ2v) is 5.62. The molecule has 0 unspecified atom stereocenters. The molecule has 3 rings (SSSR count). The van der Waals surface area contributed by atoms with Crippen LogP contribution in [0.3, 0.4) is 0 Å². The van der Waals surface area contributed by atoms with Crippen LogP contribution in [0.5, 0.6) is 0 Å². The van der Waals surface area contributed by atoms with Crippen LogP contribution in [-0.4, -0.2) is 14.8 Å². The van der Waals surface area contributed by atoms with Crippen LogP contribution in [0, 0.1) is 11.6 Å². The maximum atomic E-state index is 13.8. The molecule has 2 aromatic carbocycles. The van der Waals surface area contributed by atoms with Gasteiger partial charge in [-0.25, -0.2) is 13.5 Å². The third-order valence-corrected chi connectivity index (χ3v) is 3.80. The lowest BCUT2D eigenvalue weighted by Gasteiger charge is -2.10. The second-order valence-electron chi connectivity index (χ2n) is 4.88. The number of nitrogens with zero attached hydrogens (tertiary/aromatic N) is 3. The van der Waals surface area contributed by atoms with Crippen LogP contribution in [-0.2, 0) is 6.18 Å². The Labute approximate surface area is 147 Å². The van der Waals surface area contributed by atoms with Crippen molar-refractivity contribution in [3.63, 3.8) is 0 Å². The van der Waals surface area contributed by atoms with Crippen molar-refractivity contribution in [3.8, 4) is 17.1 Å². The molecule has 0 aliphatic carbocycles. The van der Waals surface area contributed by atoms with Gasteiger partial charge in [-0.3, -0.25) is 0 Å². The molecule has 25 heavy (non-hydrogen) atoms. The molecule has 0 atom stereocenters. The summed E-state index contributed by atoms with van der Waals surface area (Å²) in [5, 5.41) is 3.23. The number of hydrogen-bond donors (Lipinski definition) is 0. The third-order valence-electron chi connectivity index (χ3n) is 3.26. The van der Waals surface area contributed by atoms with Gasteiger partial charge in [-0.1, -0.05) is 17.7 Å². The standard InChI is InChI=1S/C15H6Cl2F5N3/c16-8-6-7(15(20,21)22)4-5-11(8)25-14(17)23-13(24-25)12-9(18)2-1-3-10(12)19/h1-6H. The van der Waals surface area contributed by atoms with Gasteiger partial charge in [0.2, 0.25) is 5.28 Å². The minimum Gasteiger partial charge on any atom is -0.206 e. The SMILES string of the molecule is Fc1cccc(F)c1-c1nc(Cl)n(-c2ccc(C(F)(F)F)cc2Cl)n1. The predicted molar refractivity (Wildman–Crippen MR) is 81.7 cm³/mol. The average molecular weight is 394 g/mol. The molecule has 0 saturated carbocycles. The zero-order valence-electron chi connectivity index (χ0n) is 12.0. The first-order chi connectivity index (χ1) is 11.7. The van der Waals surface area contributed by atoms with Gasteiger partial charge in [0, 0.05) is 0 Å². The predicted octanol–water partition coefficient (Wildman–Crippen LogP) is 5.54. The van der Waals surface area contributed by atoms with Crippen LogP contribution < -0.4 is 0 Å². The lowest BCUT2D eigenvalue weighted by atomic mass is 10.2. The summed E-state index contributed by atoms with van der Waals surface area (Å²) in [6.45, 7) is 0. The van der Waals surface area contributed by atoms with E-state index in [4.69, 9.17) is 23.2 Å². The Hall–Kier alpha value is -2.19. The fourth-order valence-corrected chi connectivity index (χ4v) is 2.59. The molecule has 0 aliphatic heterocycles. The maximum Gasteiger partial charge on any atom is 0.416 e. The summed E-state index contributed by atoms with van der Waals surface area (Å²) in [4.78, 5) is 3.75. The largest absolute Gasteiger partial charge is 0.416 e. The highest BCUT2D eigenvalue weighted by Gasteiger charge is 2.31. The van der Waals surface area contributed by atoms with E-state index in [0.717, 1.165) is 28.9 Å². The molecule has 3 aromatic rings. The summed E-state index contributed by atoms with van der Waals surface area (Å²) in [7, 11) is 0. The highest BCUT2D eigenvalue weighted by Crippen LogP contribution is 2.34. The maximum absolute atomic E-state index is 13.8. The van der Waals surface area contributed by atoms with Gasteiger partial charge in [-0.05, 0) is 41.9 Å². The normalized spacial score (nSPS) is 11.8. The molecule has 0 fully saturated rings. The number of aromatic nitrogens is 3. The molecule has 1 heterocycles. The monoisotopic (exact) mass is 393 g/mol. The van der Waals surface area contributed by atoms with Crippen molar-refractivity contribution in [2.45, 2.75) is 6.18 Å². The molecule has 0 radical (unpaired) electrons. The Morgan fingerprint density at radius 1 is 0.960 bits per heavy atom. The van der Waals surface area contributed by atoms with Gasteiger partial charge in [0.25, 0.3) is 0 Å². The Balaban J connectivity index is 2.10. The second kappa shape index (κ2) is 6.27. The van der Waals surface area contributed by atoms with Gasteiger partial charge in [-0.15, -0.1) is 5.10 Å². The number of halogens is 7. The first-order valence-corrected chi connectivity index (χ1v) is 7.38. The lowest BCUT2D eigenvalue weighted by Crippen LogP contribution is -2.06. The van der Waals surface area contributed by atoms with Crippen molar-refractivity contribution < 1.29 is 22.0 Å². The molecule has 0 spiro atoms. The van der Waals surface area contributed by atoms with Crippen LogP contribution in [0.2, 0.25) is 10.3 Å². The average Bonchev–Trinajstić information content (AvgIpc) is 2.87. The van der Waals surface area contributed by atoms with Crippen molar-refractivity contribution in [1.29, 1.82) is 0 Å². The van der Waals surface area contributed by atoms with E-state index in [1.165, 1.54) is 6.07 Å². The fourth-order valence-electron chi connectivity index (χ4n) is 2.12. The van der Waals surface area contributed by atoms with E-state index in [1.807, 2.05) is 0 Å². The van der Waals surface area contributed by atoms with Crippen molar-refractivity contribution >= 4 is 23.2 Å². The van der Waals surface area contributed by atoms with Crippen LogP contribution in [0.4, 0.5) is 22.0 Å². The summed E-state index contributed by atoms with van der Waals surface area (Å²) in [6, 6.07) is 5.70. The van der Waals surface area contributed by atoms with Crippen molar-refractivity contribution in [1.82, 2.24) is 14.8 Å². The van der Waals surface area contributed by atoms with Crippen LogP contribution in [0.15, 0.2) is 36.4 Å². The van der Waals surface area contributed by atoms with E-state index >= 15 is 0 Å². The summed E-state index contributed by atoms with van der Waals surface area (Å²) in [5.41, 5.74) is -1.49. The van der Waals surface area contributed by atoms with E-state index in [0.29, 0.717) is 6.07 Å². The minimum absolute atomic E-state index is 0.0184. The lowest BCUT2D eigenvalue weighted by molar-refractivity contribution is -0.137. The Kier molecular flexibility index (Phi) is 4.42. The number of hydrogen-bond acceptors (Lipinski definition) is 2. The van der Waals surface area contributed by atoms with Gasteiger partial charge in [-0.2, -0.15) is 18.2 Å². The molecule has 130 valence electrons. The van der Waals surface area contributed by atoms with Crippen LogP contribution >= 0.6 is 23.2 Å². The summed E-state index contributed by atoms with van der Waals surface area (Å²) < 4.78 is 66.6. The first kappa shape index (κ1) is 17.6. The number of benzene rings is 2. The van der Waals surface area contributed by atoms with E-state index in [9.17, 15) is 22.0 Å². The molecule has 3 nitrogen and oxygen atoms in total. The Morgan fingerprint density at radius 2 is 1.60 bits per heavy atom. The molecule has 0 bridgehead atoms. The summed E-state index contributed by atoms with van der Waals surface area (Å²) >= 11 is 11.8. The molecule has 0 aliphatic rings. The first-order valence-electron chi connectivity index (χ1n) is 6.62. The minimum atomic E-state index is -4.57. The van der Waals surface area contributed by atoms with Gasteiger partial charge in [0.1, 0.15) is 11.6 Å². The topological polar surface area (TPSA) is 30.7 Å².